The van der Waals surface area contributed by atoms with Gasteiger partial charge in [-0.15, -0.1) is 0 Å². The predicted molar refractivity (Wildman–Crippen MR) is 250 cm³/mol. The van der Waals surface area contributed by atoms with Gasteiger partial charge in [0.1, 0.15) is 134 Å². The first kappa shape index (κ1) is 66.9. The maximum Gasteiger partial charge on any atom is 0.364 e. The van der Waals surface area contributed by atoms with E-state index in [0.29, 0.717) is 0 Å². The molecule has 0 spiro atoms. The Balaban J connectivity index is 1.37. The quantitative estimate of drug-likeness (QED) is 0.0507. The van der Waals surface area contributed by atoms with E-state index in [4.69, 9.17) is 52.1 Å². The summed E-state index contributed by atoms with van der Waals surface area (Å²) in [4.78, 5) is 50.4. The van der Waals surface area contributed by atoms with Crippen LogP contribution in [0, 0.1) is 0 Å². The summed E-state index contributed by atoms with van der Waals surface area (Å²) >= 11 is 0. The lowest BCUT2D eigenvalue weighted by Crippen LogP contribution is -2.72. The molecule has 0 bridgehead atoms. The second-order valence-corrected chi connectivity index (χ2v) is 20.4. The fourth-order valence-electron chi connectivity index (χ4n) is 10.4. The standard InChI is InChI=1S/C45H75N3O33/c1-11-24(59)29(64)30(65)41(71-11)78-36-23(48-14(4)56)40(79-37-26(61)17(7-50)73-42(31(37)66)76-33-19(9-52)72-39(68)22(28(33)63)47-13(3)55)75-20(10-53)34(36)77-43-32(67)38(27(62)18(8-51)74-43)81-45(44(69)70)5-15(57)21(46-12(2)54)35(80-45)25(60)16(58)6-49/h11,15-43,49-53,57-68H,5-10H2,1-4H3,(H,46,54)(H,47,55)(H,48,56)(H,69,70)/t11-,15-,16+,17+,18+,19+,20+,21+,22+,23+,24+,25+,26-,27-,28+,29+,30-,31+,32+,33+,34+,35+,36+,37-,38-,39+,40-,41-,42-,43-,45-/m0/s1. The molecule has 0 unspecified atom stereocenters. The van der Waals surface area contributed by atoms with Crippen molar-refractivity contribution in [2.45, 2.75) is 224 Å². The molecule has 31 atom stereocenters. The number of carbonyl (C=O) groups is 4. The Morgan fingerprint density at radius 2 is 0.963 bits per heavy atom. The third-order valence-electron chi connectivity index (χ3n) is 14.6. The second kappa shape index (κ2) is 28.3. The van der Waals surface area contributed by atoms with Gasteiger partial charge in [0.15, 0.2) is 31.5 Å². The van der Waals surface area contributed by atoms with E-state index in [9.17, 15) is 111 Å². The summed E-state index contributed by atoms with van der Waals surface area (Å²) in [7, 11) is 0. The minimum Gasteiger partial charge on any atom is -0.477 e. The molecule has 21 N–H and O–H groups in total. The highest BCUT2D eigenvalue weighted by Gasteiger charge is 2.62. The van der Waals surface area contributed by atoms with Crippen molar-refractivity contribution in [3.8, 4) is 0 Å². The number of aliphatic carboxylic acids is 1. The van der Waals surface area contributed by atoms with Crippen molar-refractivity contribution < 1.29 is 163 Å². The van der Waals surface area contributed by atoms with Crippen molar-refractivity contribution >= 4 is 23.7 Å². The lowest BCUT2D eigenvalue weighted by molar-refractivity contribution is -0.398. The minimum atomic E-state index is -3.25. The van der Waals surface area contributed by atoms with Gasteiger partial charge in [0.05, 0.1) is 51.3 Å². The first-order valence-corrected chi connectivity index (χ1v) is 25.6. The van der Waals surface area contributed by atoms with Crippen LogP contribution in [0.15, 0.2) is 0 Å². The molecule has 6 rings (SSSR count). The van der Waals surface area contributed by atoms with Crippen LogP contribution < -0.4 is 16.0 Å². The molecule has 0 aliphatic carbocycles. The van der Waals surface area contributed by atoms with Crippen molar-refractivity contribution in [2.75, 3.05) is 33.0 Å². The van der Waals surface area contributed by atoms with Gasteiger partial charge in [-0.3, -0.25) is 14.4 Å². The van der Waals surface area contributed by atoms with Crippen molar-refractivity contribution in [3.63, 3.8) is 0 Å². The summed E-state index contributed by atoms with van der Waals surface area (Å²) in [5, 5.41) is 203. The number of hydrogen-bond acceptors (Lipinski definition) is 32. The van der Waals surface area contributed by atoms with Gasteiger partial charge >= 0.3 is 5.97 Å². The van der Waals surface area contributed by atoms with Crippen LogP contribution in [0.25, 0.3) is 0 Å². The molecule has 0 radical (unpaired) electrons. The largest absolute Gasteiger partial charge is 0.477 e. The van der Waals surface area contributed by atoms with Crippen LogP contribution in [0.5, 0.6) is 0 Å². The van der Waals surface area contributed by atoms with E-state index in [0.717, 1.165) is 20.8 Å². The third kappa shape index (κ3) is 14.5. The number of aliphatic hydroxyl groups excluding tert-OH is 17. The Kier molecular flexibility index (Phi) is 23.4. The van der Waals surface area contributed by atoms with Crippen molar-refractivity contribution in [1.82, 2.24) is 16.0 Å². The molecular weight excluding hydrogens is 1110 g/mol. The number of amides is 3. The molecule has 81 heavy (non-hydrogen) atoms. The molecule has 6 fully saturated rings. The summed E-state index contributed by atoms with van der Waals surface area (Å²) in [5.41, 5.74) is 0. The van der Waals surface area contributed by atoms with Crippen LogP contribution in [-0.4, -0.2) is 338 Å². The lowest BCUT2D eigenvalue weighted by atomic mass is 9.88. The highest BCUT2D eigenvalue weighted by molar-refractivity contribution is 5.77. The van der Waals surface area contributed by atoms with Gasteiger partial charge < -0.3 is 160 Å². The molecule has 6 heterocycles. The summed E-state index contributed by atoms with van der Waals surface area (Å²) in [6.07, 6.45) is -56.1. The number of aliphatic hydroxyl groups is 17. The third-order valence-corrected chi connectivity index (χ3v) is 14.6. The van der Waals surface area contributed by atoms with Gasteiger partial charge in [0.2, 0.25) is 17.7 Å². The monoisotopic (exact) mass is 1190 g/mol. The number of nitrogens with one attached hydrogen (secondary N) is 3. The number of carbonyl (C=O) groups excluding carboxylic acids is 3. The SMILES string of the molecule is CC(=O)N[C@@H]1[C@@H](O)[C@H](O[C@@H]2O[C@H](CO)[C@H](O)[C@H](O[C@@H]3O[C@H](CO)[C@@H](O[C@@H]4O[C@H](CO)[C@H](O)[C@H](O[C@]5(C(=O)O)C[C@H](O)[C@@H](NC(C)=O)[C@H]([C@H](O)[C@H](O)CO)O5)[C@H]4O)[C@H](O[C@@H]4O[C@@H](C)[C@@H](O)[C@@H](O)[C@@H]4O)[C@H]3NC(C)=O)[C@H]2O)[C@@H](CO)O[C@H]1O. The maximum atomic E-state index is 13.2. The second-order valence-electron chi connectivity index (χ2n) is 20.4. The molecule has 36 heteroatoms. The van der Waals surface area contributed by atoms with Crippen LogP contribution in [0.2, 0.25) is 0 Å². The number of carboxylic acids is 1. The van der Waals surface area contributed by atoms with E-state index in [1.54, 1.807) is 0 Å². The molecule has 0 aromatic rings. The molecular formula is C45H75N3O33. The van der Waals surface area contributed by atoms with E-state index < -0.39 is 253 Å². The van der Waals surface area contributed by atoms with Crippen molar-refractivity contribution in [1.29, 1.82) is 0 Å². The smallest absolute Gasteiger partial charge is 0.364 e. The fourth-order valence-corrected chi connectivity index (χ4v) is 10.4. The van der Waals surface area contributed by atoms with E-state index in [1.165, 1.54) is 6.92 Å². The zero-order chi connectivity index (χ0) is 60.3. The predicted octanol–water partition coefficient (Wildman–Crippen LogP) is -13.4. The molecule has 0 aromatic carbocycles. The lowest BCUT2D eigenvalue weighted by Gasteiger charge is -2.52. The van der Waals surface area contributed by atoms with Crippen molar-refractivity contribution in [2.24, 2.45) is 0 Å². The van der Waals surface area contributed by atoms with Crippen LogP contribution in [0.1, 0.15) is 34.1 Å². The van der Waals surface area contributed by atoms with Gasteiger partial charge in [0, 0.05) is 27.2 Å². The van der Waals surface area contributed by atoms with E-state index >= 15 is 0 Å². The molecule has 468 valence electrons. The number of carboxylic acid groups (broad SMARTS) is 1. The van der Waals surface area contributed by atoms with E-state index in [1.807, 2.05) is 0 Å². The highest BCUT2D eigenvalue weighted by atomic mass is 16.8. The maximum absolute atomic E-state index is 13.2. The zero-order valence-corrected chi connectivity index (χ0v) is 43.7. The summed E-state index contributed by atoms with van der Waals surface area (Å²) < 4.78 is 64.3. The van der Waals surface area contributed by atoms with Gasteiger partial charge in [0.25, 0.3) is 5.79 Å². The first-order chi connectivity index (χ1) is 38.1. The highest BCUT2D eigenvalue weighted by Crippen LogP contribution is 2.40. The fraction of sp³-hybridized carbons (Fsp3) is 0.911. The van der Waals surface area contributed by atoms with Gasteiger partial charge in [-0.1, -0.05) is 0 Å². The molecule has 6 saturated heterocycles. The Labute approximate surface area is 459 Å². The van der Waals surface area contributed by atoms with E-state index in [-0.39, 0.29) is 0 Å². The average molecular weight is 1190 g/mol. The summed E-state index contributed by atoms with van der Waals surface area (Å²) in [5.74, 6) is -7.92. The molecule has 0 saturated carbocycles. The number of rotatable bonds is 21. The van der Waals surface area contributed by atoms with Gasteiger partial charge in [-0.25, -0.2) is 4.79 Å². The molecule has 6 aliphatic heterocycles. The average Bonchev–Trinajstić information content (AvgIpc) is 3.45. The number of ether oxygens (including phenoxy) is 11. The normalized spacial score (nSPS) is 46.7. The van der Waals surface area contributed by atoms with Crippen LogP contribution >= 0.6 is 0 Å². The minimum absolute atomic E-state index is 0.748. The Bertz CT molecular complexity index is 2080. The summed E-state index contributed by atoms with van der Waals surface area (Å²) in [6, 6.07) is -5.25. The molecule has 3 amide bonds. The molecule has 0 aromatic heterocycles. The van der Waals surface area contributed by atoms with E-state index in [2.05, 4.69) is 16.0 Å². The van der Waals surface area contributed by atoms with Gasteiger partial charge in [-0.2, -0.15) is 0 Å². The topological polar surface area (TPSA) is 570 Å². The number of hydrogen-bond donors (Lipinski definition) is 21. The zero-order valence-electron chi connectivity index (χ0n) is 43.7. The first-order valence-electron chi connectivity index (χ1n) is 25.6. The molecule has 6 aliphatic rings. The molecule has 36 nitrogen and oxygen atoms in total. The van der Waals surface area contributed by atoms with Crippen LogP contribution in [0.4, 0.5) is 0 Å². The Hall–Kier alpha value is -3.24. The Morgan fingerprint density at radius 1 is 0.506 bits per heavy atom. The van der Waals surface area contributed by atoms with Crippen LogP contribution in [-0.2, 0) is 71.3 Å². The van der Waals surface area contributed by atoms with Crippen LogP contribution in [0.3, 0.4) is 0 Å². The van der Waals surface area contributed by atoms with Crippen molar-refractivity contribution in [3.05, 3.63) is 0 Å². The van der Waals surface area contributed by atoms with Gasteiger partial charge in [-0.05, 0) is 6.92 Å². The Morgan fingerprint density at radius 3 is 1.49 bits per heavy atom. The summed E-state index contributed by atoms with van der Waals surface area (Å²) in [6.45, 7) is -1.32.